The number of ether oxygens (including phenoxy) is 1. The van der Waals surface area contributed by atoms with Gasteiger partial charge in [-0.3, -0.25) is 10.1 Å². The average molecular weight is 224 g/mol. The molecule has 0 unspecified atom stereocenters. The Morgan fingerprint density at radius 3 is 2.75 bits per heavy atom. The van der Waals surface area contributed by atoms with Gasteiger partial charge in [0, 0.05) is 18.7 Å². The van der Waals surface area contributed by atoms with Gasteiger partial charge in [-0.05, 0) is 19.4 Å². The number of hydrogen-bond donors (Lipinski definition) is 1. The summed E-state index contributed by atoms with van der Waals surface area (Å²) in [5.74, 6) is 0.645. The second kappa shape index (κ2) is 5.95. The van der Waals surface area contributed by atoms with E-state index in [1.165, 1.54) is 6.07 Å². The van der Waals surface area contributed by atoms with Gasteiger partial charge in [-0.25, -0.2) is 0 Å². The molecule has 1 aromatic carbocycles. The van der Waals surface area contributed by atoms with Gasteiger partial charge >= 0.3 is 0 Å². The molecule has 0 fully saturated rings. The minimum atomic E-state index is -0.395. The van der Waals surface area contributed by atoms with Crippen molar-refractivity contribution in [2.45, 2.75) is 20.3 Å². The Bertz CT molecular complexity index is 366. The number of nitro groups is 1. The van der Waals surface area contributed by atoms with Crippen LogP contribution in [-0.4, -0.2) is 18.1 Å². The van der Waals surface area contributed by atoms with Crippen molar-refractivity contribution >= 4 is 11.4 Å². The molecule has 0 aromatic heterocycles. The molecule has 0 radical (unpaired) electrons. The van der Waals surface area contributed by atoms with E-state index in [4.69, 9.17) is 4.74 Å². The zero-order valence-corrected chi connectivity index (χ0v) is 9.53. The number of nitrogens with one attached hydrogen (secondary N) is 1. The van der Waals surface area contributed by atoms with Gasteiger partial charge in [0.2, 0.25) is 0 Å². The summed E-state index contributed by atoms with van der Waals surface area (Å²) in [4.78, 5) is 10.4. The van der Waals surface area contributed by atoms with Gasteiger partial charge in [0.05, 0.1) is 11.5 Å². The molecule has 0 atom stereocenters. The van der Waals surface area contributed by atoms with Crippen molar-refractivity contribution in [3.05, 3.63) is 28.3 Å². The summed E-state index contributed by atoms with van der Waals surface area (Å²) in [7, 11) is 0. The normalized spacial score (nSPS) is 9.88. The predicted molar refractivity (Wildman–Crippen MR) is 63.0 cm³/mol. The maximum absolute atomic E-state index is 10.8. The molecular formula is C11H16N2O3. The summed E-state index contributed by atoms with van der Waals surface area (Å²) in [6, 6.07) is 4.74. The number of benzene rings is 1. The number of rotatable bonds is 6. The summed E-state index contributed by atoms with van der Waals surface area (Å²) in [5.41, 5.74) is 0.592. The smallest absolute Gasteiger partial charge is 0.292 e. The first-order valence-corrected chi connectivity index (χ1v) is 5.34. The molecule has 88 valence electrons. The molecule has 16 heavy (non-hydrogen) atoms. The first-order valence-electron chi connectivity index (χ1n) is 5.34. The molecule has 0 saturated carbocycles. The van der Waals surface area contributed by atoms with Crippen LogP contribution in [0.1, 0.15) is 20.3 Å². The van der Waals surface area contributed by atoms with Crippen LogP contribution in [0, 0.1) is 10.1 Å². The highest BCUT2D eigenvalue weighted by molar-refractivity contribution is 5.64. The number of nitro benzene ring substituents is 1. The quantitative estimate of drug-likeness (QED) is 0.596. The van der Waals surface area contributed by atoms with E-state index in [1.807, 2.05) is 13.8 Å². The summed E-state index contributed by atoms with van der Waals surface area (Å²) >= 11 is 0. The molecule has 0 spiro atoms. The second-order valence-electron chi connectivity index (χ2n) is 3.30. The number of anilines is 1. The summed E-state index contributed by atoms with van der Waals surface area (Å²) in [6.45, 7) is 5.13. The summed E-state index contributed by atoms with van der Waals surface area (Å²) in [6.07, 6.45) is 0.913. The lowest BCUT2D eigenvalue weighted by Crippen LogP contribution is -2.03. The first kappa shape index (κ1) is 12.3. The van der Waals surface area contributed by atoms with Crippen LogP contribution in [0.2, 0.25) is 0 Å². The Morgan fingerprint density at radius 2 is 2.19 bits per heavy atom. The van der Waals surface area contributed by atoms with Crippen molar-refractivity contribution in [3.8, 4) is 5.75 Å². The van der Waals surface area contributed by atoms with E-state index in [0.717, 1.165) is 6.42 Å². The molecule has 5 nitrogen and oxygen atoms in total. The van der Waals surface area contributed by atoms with Gasteiger partial charge in [-0.15, -0.1) is 0 Å². The standard InChI is InChI=1S/C11H16N2O3/c1-3-7-12-10-8-9(16-4-2)5-6-11(10)13(14)15/h5-6,8,12H,3-4,7H2,1-2H3. The molecule has 0 heterocycles. The lowest BCUT2D eigenvalue weighted by molar-refractivity contribution is -0.384. The first-order chi connectivity index (χ1) is 7.69. The molecule has 5 heteroatoms. The van der Waals surface area contributed by atoms with Crippen molar-refractivity contribution < 1.29 is 9.66 Å². The van der Waals surface area contributed by atoms with Crippen LogP contribution >= 0.6 is 0 Å². The second-order valence-corrected chi connectivity index (χ2v) is 3.30. The third-order valence-corrected chi connectivity index (χ3v) is 2.04. The molecule has 0 aliphatic heterocycles. The van der Waals surface area contributed by atoms with E-state index in [1.54, 1.807) is 12.1 Å². The van der Waals surface area contributed by atoms with Crippen LogP contribution in [0.4, 0.5) is 11.4 Å². The summed E-state index contributed by atoms with van der Waals surface area (Å²) < 4.78 is 5.30. The van der Waals surface area contributed by atoms with Crippen LogP contribution in [0.15, 0.2) is 18.2 Å². The molecule has 1 aromatic rings. The highest BCUT2D eigenvalue weighted by atomic mass is 16.6. The highest BCUT2D eigenvalue weighted by Gasteiger charge is 2.13. The van der Waals surface area contributed by atoms with Crippen LogP contribution in [0.3, 0.4) is 0 Å². The van der Waals surface area contributed by atoms with E-state index in [2.05, 4.69) is 5.32 Å². The van der Waals surface area contributed by atoms with E-state index in [-0.39, 0.29) is 5.69 Å². The van der Waals surface area contributed by atoms with Gasteiger partial charge in [-0.2, -0.15) is 0 Å². The Morgan fingerprint density at radius 1 is 1.44 bits per heavy atom. The monoisotopic (exact) mass is 224 g/mol. The number of hydrogen-bond acceptors (Lipinski definition) is 4. The topological polar surface area (TPSA) is 64.4 Å². The van der Waals surface area contributed by atoms with Gasteiger partial charge in [0.1, 0.15) is 11.4 Å². The minimum absolute atomic E-state index is 0.0805. The van der Waals surface area contributed by atoms with Crippen molar-refractivity contribution in [2.24, 2.45) is 0 Å². The zero-order chi connectivity index (χ0) is 12.0. The average Bonchev–Trinajstić information content (AvgIpc) is 2.26. The Labute approximate surface area is 94.6 Å². The molecule has 1 N–H and O–H groups in total. The molecule has 0 aliphatic carbocycles. The van der Waals surface area contributed by atoms with E-state index in [0.29, 0.717) is 24.6 Å². The SMILES string of the molecule is CCCNc1cc(OCC)ccc1[N+](=O)[O-]. The fourth-order valence-electron chi connectivity index (χ4n) is 1.33. The molecular weight excluding hydrogens is 208 g/mol. The van der Waals surface area contributed by atoms with E-state index >= 15 is 0 Å². The van der Waals surface area contributed by atoms with Crippen LogP contribution < -0.4 is 10.1 Å². The predicted octanol–water partition coefficient (Wildman–Crippen LogP) is 2.82. The van der Waals surface area contributed by atoms with Gasteiger partial charge in [0.25, 0.3) is 5.69 Å². The van der Waals surface area contributed by atoms with Crippen molar-refractivity contribution in [1.82, 2.24) is 0 Å². The van der Waals surface area contributed by atoms with Gasteiger partial charge in [-0.1, -0.05) is 6.92 Å². The molecule has 0 saturated heterocycles. The third-order valence-electron chi connectivity index (χ3n) is 2.04. The Balaban J connectivity index is 2.95. The Hall–Kier alpha value is -1.78. The zero-order valence-electron chi connectivity index (χ0n) is 9.53. The minimum Gasteiger partial charge on any atom is -0.494 e. The molecule has 0 aliphatic rings. The lowest BCUT2D eigenvalue weighted by atomic mass is 10.2. The maximum atomic E-state index is 10.8. The number of nitrogens with zero attached hydrogens (tertiary/aromatic N) is 1. The highest BCUT2D eigenvalue weighted by Crippen LogP contribution is 2.28. The van der Waals surface area contributed by atoms with Crippen molar-refractivity contribution in [2.75, 3.05) is 18.5 Å². The van der Waals surface area contributed by atoms with Crippen molar-refractivity contribution in [1.29, 1.82) is 0 Å². The fourth-order valence-corrected chi connectivity index (χ4v) is 1.33. The lowest BCUT2D eigenvalue weighted by Gasteiger charge is -2.08. The van der Waals surface area contributed by atoms with E-state index in [9.17, 15) is 10.1 Å². The largest absolute Gasteiger partial charge is 0.494 e. The summed E-state index contributed by atoms with van der Waals surface area (Å²) in [5, 5.41) is 13.8. The van der Waals surface area contributed by atoms with Gasteiger partial charge < -0.3 is 10.1 Å². The van der Waals surface area contributed by atoms with Crippen LogP contribution in [-0.2, 0) is 0 Å². The van der Waals surface area contributed by atoms with Crippen molar-refractivity contribution in [3.63, 3.8) is 0 Å². The molecule has 0 bridgehead atoms. The van der Waals surface area contributed by atoms with Crippen LogP contribution in [0.25, 0.3) is 0 Å². The van der Waals surface area contributed by atoms with E-state index < -0.39 is 4.92 Å². The molecule has 0 amide bonds. The van der Waals surface area contributed by atoms with Gasteiger partial charge in [0.15, 0.2) is 0 Å². The Kier molecular flexibility index (Phi) is 4.57. The maximum Gasteiger partial charge on any atom is 0.292 e. The van der Waals surface area contributed by atoms with Crippen LogP contribution in [0.5, 0.6) is 5.75 Å². The third kappa shape index (κ3) is 3.12. The molecule has 1 rings (SSSR count). The fraction of sp³-hybridized carbons (Fsp3) is 0.455.